The molecular weight excluding hydrogens is 400 g/mol. The summed E-state index contributed by atoms with van der Waals surface area (Å²) in [6.45, 7) is 18.2. The van der Waals surface area contributed by atoms with E-state index in [0.717, 1.165) is 5.56 Å². The Bertz CT molecular complexity index is 1040. The van der Waals surface area contributed by atoms with Gasteiger partial charge in [-0.3, -0.25) is 0 Å². The van der Waals surface area contributed by atoms with Crippen LogP contribution in [0.4, 0.5) is 0 Å². The van der Waals surface area contributed by atoms with Crippen LogP contribution in [0.25, 0.3) is 5.76 Å². The van der Waals surface area contributed by atoms with Crippen molar-refractivity contribution in [3.63, 3.8) is 0 Å². The highest BCUT2D eigenvalue weighted by molar-refractivity contribution is 5.97. The van der Waals surface area contributed by atoms with Crippen LogP contribution in [0.1, 0.15) is 18.1 Å². The van der Waals surface area contributed by atoms with Crippen LogP contribution in [-0.4, -0.2) is 11.9 Å². The third-order valence-electron chi connectivity index (χ3n) is 3.98. The first-order valence-electron chi connectivity index (χ1n) is 9.87. The smallest absolute Gasteiger partial charge is 0.343 e. The second kappa shape index (κ2) is 13.9. The number of carbonyl (C=O) groups excluding carboxylic acids is 2. The maximum Gasteiger partial charge on any atom is 0.343 e. The minimum Gasteiger partial charge on any atom is -0.422 e. The molecule has 1 rings (SSSR count). The first-order chi connectivity index (χ1) is 15.4. The lowest BCUT2D eigenvalue weighted by Gasteiger charge is -2.16. The van der Waals surface area contributed by atoms with Gasteiger partial charge >= 0.3 is 11.9 Å². The van der Waals surface area contributed by atoms with Gasteiger partial charge in [0.1, 0.15) is 11.5 Å². The topological polar surface area (TPSA) is 52.6 Å². The number of esters is 2. The molecule has 0 saturated carbocycles. The fraction of sp³-hybridized carbons (Fsp3) is 0.0714. The molecule has 0 bridgehead atoms. The Morgan fingerprint density at radius 2 is 1.47 bits per heavy atom. The van der Waals surface area contributed by atoms with E-state index in [-0.39, 0.29) is 17.1 Å². The van der Waals surface area contributed by atoms with Gasteiger partial charge in [-0.25, -0.2) is 9.59 Å². The molecule has 0 aliphatic heterocycles. The van der Waals surface area contributed by atoms with Gasteiger partial charge in [-0.15, -0.1) is 0 Å². The van der Waals surface area contributed by atoms with Gasteiger partial charge in [0.15, 0.2) is 0 Å². The Morgan fingerprint density at radius 3 is 2.03 bits per heavy atom. The van der Waals surface area contributed by atoms with Crippen LogP contribution in [0.5, 0.6) is 5.75 Å². The molecule has 32 heavy (non-hydrogen) atoms. The lowest BCUT2D eigenvalue weighted by atomic mass is 10.0. The number of ether oxygens (including phenoxy) is 2. The zero-order valence-electron chi connectivity index (χ0n) is 18.5. The number of carbonyl (C=O) groups is 2. The van der Waals surface area contributed by atoms with Crippen molar-refractivity contribution in [1.82, 2.24) is 0 Å². The summed E-state index contributed by atoms with van der Waals surface area (Å²) >= 11 is 0. The van der Waals surface area contributed by atoms with Crippen molar-refractivity contribution in [3.05, 3.63) is 134 Å². The summed E-state index contributed by atoms with van der Waals surface area (Å²) in [7, 11) is 0. The molecule has 0 atom stereocenters. The summed E-state index contributed by atoms with van der Waals surface area (Å²) in [5.74, 6) is -0.752. The molecule has 0 fully saturated rings. The van der Waals surface area contributed by atoms with Crippen molar-refractivity contribution in [1.29, 1.82) is 0 Å². The largest absolute Gasteiger partial charge is 0.422 e. The predicted molar refractivity (Wildman–Crippen MR) is 132 cm³/mol. The van der Waals surface area contributed by atoms with Crippen LogP contribution in [0, 0.1) is 6.92 Å². The molecule has 4 heteroatoms. The molecule has 0 spiro atoms. The van der Waals surface area contributed by atoms with Crippen LogP contribution >= 0.6 is 0 Å². The van der Waals surface area contributed by atoms with Crippen LogP contribution in [0.15, 0.2) is 122 Å². The fourth-order valence-electron chi connectivity index (χ4n) is 2.62. The van der Waals surface area contributed by atoms with Gasteiger partial charge in [-0.1, -0.05) is 81.0 Å². The summed E-state index contributed by atoms with van der Waals surface area (Å²) in [6.07, 6.45) is 17.2. The van der Waals surface area contributed by atoms with Crippen molar-refractivity contribution in [2.45, 2.75) is 13.8 Å². The summed E-state index contributed by atoms with van der Waals surface area (Å²) in [5, 5.41) is 0. The monoisotopic (exact) mass is 428 g/mol. The molecule has 1 aromatic carbocycles. The Balaban J connectivity index is 3.44. The molecule has 0 heterocycles. The highest BCUT2D eigenvalue weighted by atomic mass is 16.5. The van der Waals surface area contributed by atoms with E-state index in [1.165, 1.54) is 30.4 Å². The van der Waals surface area contributed by atoms with Gasteiger partial charge in [0.05, 0.1) is 16.7 Å². The standard InChI is InChI=1S/C28H28O4/c1-7-12-19-23(16-10-4)28(30)32-25-20-13-18-21(6)26(25)24(17-11-5)31-27(29)22(14-8-2)15-9-3/h7-20H,1-2,4-5H2,3,6H3/b15-9-,19-12-,22-14+,23-16+,24-17+. The molecule has 4 nitrogen and oxygen atoms in total. The second-order valence-electron chi connectivity index (χ2n) is 6.30. The number of hydrogen-bond acceptors (Lipinski definition) is 4. The summed E-state index contributed by atoms with van der Waals surface area (Å²) < 4.78 is 11.3. The normalized spacial score (nSPS) is 12.5. The summed E-state index contributed by atoms with van der Waals surface area (Å²) in [6, 6.07) is 5.19. The van der Waals surface area contributed by atoms with E-state index in [2.05, 4.69) is 26.3 Å². The van der Waals surface area contributed by atoms with Crippen LogP contribution in [0.2, 0.25) is 0 Å². The van der Waals surface area contributed by atoms with Crippen molar-refractivity contribution < 1.29 is 19.1 Å². The van der Waals surface area contributed by atoms with Crippen LogP contribution in [-0.2, 0) is 14.3 Å². The highest BCUT2D eigenvalue weighted by Crippen LogP contribution is 2.32. The maximum atomic E-state index is 12.8. The van der Waals surface area contributed by atoms with Crippen LogP contribution < -0.4 is 4.74 Å². The van der Waals surface area contributed by atoms with Gasteiger partial charge < -0.3 is 9.47 Å². The van der Waals surface area contributed by atoms with Crippen molar-refractivity contribution in [2.75, 3.05) is 0 Å². The van der Waals surface area contributed by atoms with E-state index < -0.39 is 11.9 Å². The molecule has 0 radical (unpaired) electrons. The number of rotatable bonds is 11. The first kappa shape index (κ1) is 25.9. The molecule has 0 unspecified atom stereocenters. The predicted octanol–water partition coefficient (Wildman–Crippen LogP) is 6.51. The summed E-state index contributed by atoms with van der Waals surface area (Å²) in [4.78, 5) is 25.5. The van der Waals surface area contributed by atoms with E-state index >= 15 is 0 Å². The number of allylic oxidation sites excluding steroid dienone is 9. The Labute approximate surface area is 190 Å². The molecule has 0 saturated heterocycles. The quantitative estimate of drug-likeness (QED) is 0.132. The third-order valence-corrected chi connectivity index (χ3v) is 3.98. The molecular formula is C28H28O4. The summed E-state index contributed by atoms with van der Waals surface area (Å²) in [5.41, 5.74) is 1.80. The molecule has 0 aromatic heterocycles. The molecule has 0 N–H and O–H groups in total. The van der Waals surface area contributed by atoms with Crippen molar-refractivity contribution in [3.8, 4) is 5.75 Å². The SMILES string of the molecule is C=C/C=C\C(=C/C=C)C(=O)Oc1cccc(C)c1/C(=C\C=C)OC(=O)C(/C=C\C)=C/C=C. The van der Waals surface area contributed by atoms with E-state index in [9.17, 15) is 9.59 Å². The van der Waals surface area contributed by atoms with E-state index in [0.29, 0.717) is 11.1 Å². The van der Waals surface area contributed by atoms with Gasteiger partial charge in [0.25, 0.3) is 0 Å². The van der Waals surface area contributed by atoms with Crippen LogP contribution in [0.3, 0.4) is 0 Å². The number of aryl methyl sites for hydroxylation is 1. The number of benzene rings is 1. The highest BCUT2D eigenvalue weighted by Gasteiger charge is 2.20. The minimum absolute atomic E-state index is 0.196. The van der Waals surface area contributed by atoms with Crippen molar-refractivity contribution >= 4 is 17.7 Å². The van der Waals surface area contributed by atoms with Gasteiger partial charge in [-0.2, -0.15) is 0 Å². The lowest BCUT2D eigenvalue weighted by molar-refractivity contribution is -0.132. The van der Waals surface area contributed by atoms with Crippen molar-refractivity contribution in [2.24, 2.45) is 0 Å². The Morgan fingerprint density at radius 1 is 0.844 bits per heavy atom. The van der Waals surface area contributed by atoms with E-state index in [1.54, 1.807) is 55.5 Å². The minimum atomic E-state index is -0.597. The Kier molecular flexibility index (Phi) is 11.3. The zero-order valence-corrected chi connectivity index (χ0v) is 18.5. The van der Waals surface area contributed by atoms with E-state index in [4.69, 9.17) is 9.47 Å². The lowest BCUT2D eigenvalue weighted by Crippen LogP contribution is -2.13. The molecule has 0 aliphatic carbocycles. The third kappa shape index (κ3) is 7.58. The second-order valence-corrected chi connectivity index (χ2v) is 6.30. The average Bonchev–Trinajstić information content (AvgIpc) is 2.76. The van der Waals surface area contributed by atoms with E-state index in [1.807, 2.05) is 13.0 Å². The maximum absolute atomic E-state index is 12.8. The fourth-order valence-corrected chi connectivity index (χ4v) is 2.62. The molecule has 0 amide bonds. The van der Waals surface area contributed by atoms with Gasteiger partial charge in [0, 0.05) is 0 Å². The van der Waals surface area contributed by atoms with Gasteiger partial charge in [-0.05, 0) is 49.8 Å². The first-order valence-corrected chi connectivity index (χ1v) is 9.87. The number of hydrogen-bond donors (Lipinski definition) is 0. The molecule has 164 valence electrons. The zero-order chi connectivity index (χ0) is 23.9. The molecule has 1 aromatic rings. The van der Waals surface area contributed by atoms with Gasteiger partial charge in [0.2, 0.25) is 0 Å². The average molecular weight is 429 g/mol. The molecule has 0 aliphatic rings. The Hall–Kier alpha value is -4.18.